The number of hydrogen-bond donors (Lipinski definition) is 2. The number of nitrogens with one attached hydrogen (secondary N) is 2. The van der Waals surface area contributed by atoms with E-state index in [4.69, 9.17) is 11.6 Å². The van der Waals surface area contributed by atoms with Crippen LogP contribution in [0, 0.1) is 0 Å². The summed E-state index contributed by atoms with van der Waals surface area (Å²) < 4.78 is 0. The highest BCUT2D eigenvalue weighted by molar-refractivity contribution is 6.31. The van der Waals surface area contributed by atoms with Crippen LogP contribution in [-0.2, 0) is 4.79 Å². The Kier molecular flexibility index (Phi) is 6.32. The Bertz CT molecular complexity index is 653. The molecule has 1 atom stereocenters. The largest absolute Gasteiger partial charge is 0.325 e. The number of carbonyl (C=O) groups excluding carboxylic acids is 2. The topological polar surface area (TPSA) is 64.7 Å². The van der Waals surface area contributed by atoms with Gasteiger partial charge in [0.1, 0.15) is 5.54 Å². The molecule has 0 aliphatic carbocycles. The number of piperazine rings is 1. The molecule has 2 saturated heterocycles. The second-order valence-electron chi connectivity index (χ2n) is 6.79. The van der Waals surface area contributed by atoms with Crippen LogP contribution in [0.25, 0.3) is 0 Å². The van der Waals surface area contributed by atoms with E-state index in [1.54, 1.807) is 13.8 Å². The van der Waals surface area contributed by atoms with Crippen molar-refractivity contribution >= 4 is 35.9 Å². The molecule has 6 nitrogen and oxygen atoms in total. The van der Waals surface area contributed by atoms with Crippen molar-refractivity contribution in [3.05, 3.63) is 34.9 Å². The first kappa shape index (κ1) is 20.0. The molecule has 1 aromatic carbocycles. The summed E-state index contributed by atoms with van der Waals surface area (Å²) in [5.74, 6) is -0.170. The second-order valence-corrected chi connectivity index (χ2v) is 7.20. The Labute approximate surface area is 159 Å². The summed E-state index contributed by atoms with van der Waals surface area (Å²) in [6, 6.07) is 7.65. The van der Waals surface area contributed by atoms with Gasteiger partial charge in [0.05, 0.1) is 0 Å². The van der Waals surface area contributed by atoms with E-state index in [0.29, 0.717) is 13.1 Å². The van der Waals surface area contributed by atoms with Crippen molar-refractivity contribution in [1.29, 1.82) is 0 Å². The molecule has 0 spiro atoms. The van der Waals surface area contributed by atoms with Gasteiger partial charge in [-0.05, 0) is 25.5 Å². The first-order valence-corrected chi connectivity index (χ1v) is 8.61. The highest BCUT2D eigenvalue weighted by Crippen LogP contribution is 2.28. The molecule has 2 aliphatic heterocycles. The molecule has 1 aromatic rings. The van der Waals surface area contributed by atoms with Gasteiger partial charge in [0, 0.05) is 43.8 Å². The molecule has 0 bridgehead atoms. The van der Waals surface area contributed by atoms with Crippen LogP contribution in [0.2, 0.25) is 5.02 Å². The number of rotatable bonds is 4. The van der Waals surface area contributed by atoms with Gasteiger partial charge in [0.15, 0.2) is 0 Å². The highest BCUT2D eigenvalue weighted by atomic mass is 35.5. The number of imide groups is 1. The van der Waals surface area contributed by atoms with Gasteiger partial charge in [-0.1, -0.05) is 29.8 Å². The lowest BCUT2D eigenvalue weighted by molar-refractivity contribution is -0.130. The molecule has 2 aliphatic rings. The summed E-state index contributed by atoms with van der Waals surface area (Å²) in [6.45, 7) is 7.00. The number of hydrogen-bond acceptors (Lipinski definition) is 4. The van der Waals surface area contributed by atoms with E-state index >= 15 is 0 Å². The van der Waals surface area contributed by atoms with Crippen molar-refractivity contribution in [2.45, 2.75) is 25.4 Å². The minimum Gasteiger partial charge on any atom is -0.324 e. The van der Waals surface area contributed by atoms with E-state index in [1.165, 1.54) is 4.90 Å². The molecule has 3 rings (SSSR count). The maximum absolute atomic E-state index is 12.3. The summed E-state index contributed by atoms with van der Waals surface area (Å²) in [5.41, 5.74) is 0.256. The third kappa shape index (κ3) is 4.08. The summed E-state index contributed by atoms with van der Waals surface area (Å²) in [7, 11) is 0. The Morgan fingerprint density at radius 1 is 1.24 bits per heavy atom. The Balaban J connectivity index is 0.00000225. The molecule has 8 heteroatoms. The molecule has 2 heterocycles. The van der Waals surface area contributed by atoms with Crippen molar-refractivity contribution in [2.24, 2.45) is 0 Å². The van der Waals surface area contributed by atoms with Crippen LogP contribution in [-0.4, -0.2) is 60.0 Å². The van der Waals surface area contributed by atoms with Crippen molar-refractivity contribution in [2.75, 3.05) is 32.7 Å². The summed E-state index contributed by atoms with van der Waals surface area (Å²) in [6.07, 6.45) is 0. The first-order chi connectivity index (χ1) is 11.4. The van der Waals surface area contributed by atoms with Crippen LogP contribution in [0.4, 0.5) is 4.79 Å². The van der Waals surface area contributed by atoms with E-state index in [0.717, 1.165) is 30.2 Å². The standard InChI is InChI=1S/C17H23ClN4O2.ClH/c1-17(2)15(23)22(16(24)20-17)10-9-21-8-7-19-11-14(21)12-5-3-4-6-13(12)18;/h3-6,14,19H,7-11H2,1-2H3,(H,20,24);1H. The van der Waals surface area contributed by atoms with Crippen LogP contribution >= 0.6 is 24.0 Å². The zero-order valence-electron chi connectivity index (χ0n) is 14.4. The molecule has 0 aromatic heterocycles. The molecular formula is C17H24Cl2N4O2. The van der Waals surface area contributed by atoms with Crippen LogP contribution in [0.1, 0.15) is 25.5 Å². The van der Waals surface area contributed by atoms with E-state index in [1.807, 2.05) is 24.3 Å². The minimum atomic E-state index is -0.817. The van der Waals surface area contributed by atoms with Gasteiger partial charge in [0.2, 0.25) is 0 Å². The minimum absolute atomic E-state index is 0. The number of nitrogens with zero attached hydrogens (tertiary/aromatic N) is 2. The van der Waals surface area contributed by atoms with Crippen LogP contribution in [0.15, 0.2) is 24.3 Å². The van der Waals surface area contributed by atoms with Crippen molar-refractivity contribution in [1.82, 2.24) is 20.4 Å². The molecule has 3 amide bonds. The van der Waals surface area contributed by atoms with Crippen LogP contribution < -0.4 is 10.6 Å². The van der Waals surface area contributed by atoms with Crippen LogP contribution in [0.3, 0.4) is 0 Å². The Morgan fingerprint density at radius 3 is 2.60 bits per heavy atom. The predicted octanol–water partition coefficient (Wildman–Crippen LogP) is 2.04. The quantitative estimate of drug-likeness (QED) is 0.777. The predicted molar refractivity (Wildman–Crippen MR) is 100 cm³/mol. The fraction of sp³-hybridized carbons (Fsp3) is 0.529. The van der Waals surface area contributed by atoms with E-state index in [2.05, 4.69) is 15.5 Å². The molecule has 2 fully saturated rings. The maximum Gasteiger partial charge on any atom is 0.325 e. The third-order valence-electron chi connectivity index (χ3n) is 4.67. The number of urea groups is 1. The summed E-state index contributed by atoms with van der Waals surface area (Å²) in [4.78, 5) is 27.9. The average Bonchev–Trinajstić information content (AvgIpc) is 2.74. The maximum atomic E-state index is 12.3. The zero-order chi connectivity index (χ0) is 17.3. The lowest BCUT2D eigenvalue weighted by Crippen LogP contribution is -2.49. The fourth-order valence-electron chi connectivity index (χ4n) is 3.32. The van der Waals surface area contributed by atoms with Gasteiger partial charge in [0.25, 0.3) is 5.91 Å². The molecule has 1 unspecified atom stereocenters. The third-order valence-corrected chi connectivity index (χ3v) is 5.02. The average molecular weight is 387 g/mol. The van der Waals surface area contributed by atoms with Gasteiger partial charge in [-0.15, -0.1) is 12.4 Å². The normalized spacial score (nSPS) is 23.3. The van der Waals surface area contributed by atoms with Crippen molar-refractivity contribution in [3.63, 3.8) is 0 Å². The van der Waals surface area contributed by atoms with Crippen molar-refractivity contribution < 1.29 is 9.59 Å². The molecule has 138 valence electrons. The van der Waals surface area contributed by atoms with Gasteiger partial charge in [-0.25, -0.2) is 4.79 Å². The van der Waals surface area contributed by atoms with E-state index < -0.39 is 5.54 Å². The highest BCUT2D eigenvalue weighted by Gasteiger charge is 2.44. The zero-order valence-corrected chi connectivity index (χ0v) is 16.0. The fourth-order valence-corrected chi connectivity index (χ4v) is 3.58. The molecular weight excluding hydrogens is 363 g/mol. The van der Waals surface area contributed by atoms with Crippen LogP contribution in [0.5, 0.6) is 0 Å². The van der Waals surface area contributed by atoms with Gasteiger partial charge in [-0.2, -0.15) is 0 Å². The van der Waals surface area contributed by atoms with E-state index in [-0.39, 0.29) is 30.4 Å². The monoisotopic (exact) mass is 386 g/mol. The van der Waals surface area contributed by atoms with Crippen molar-refractivity contribution in [3.8, 4) is 0 Å². The second kappa shape index (κ2) is 7.91. The smallest absolute Gasteiger partial charge is 0.324 e. The van der Waals surface area contributed by atoms with E-state index in [9.17, 15) is 9.59 Å². The molecule has 2 N–H and O–H groups in total. The molecule has 25 heavy (non-hydrogen) atoms. The number of halogens is 2. The SMILES string of the molecule is CC1(C)NC(=O)N(CCN2CCNCC2c2ccccc2Cl)C1=O.Cl. The van der Waals surface area contributed by atoms with Gasteiger partial charge in [-0.3, -0.25) is 14.6 Å². The Morgan fingerprint density at radius 2 is 1.96 bits per heavy atom. The lowest BCUT2D eigenvalue weighted by Gasteiger charge is -2.37. The van der Waals surface area contributed by atoms with Gasteiger partial charge < -0.3 is 10.6 Å². The summed E-state index contributed by atoms with van der Waals surface area (Å²) in [5, 5.41) is 6.85. The first-order valence-electron chi connectivity index (χ1n) is 8.23. The number of amides is 3. The lowest BCUT2D eigenvalue weighted by atomic mass is 10.0. The molecule has 0 radical (unpaired) electrons. The number of carbonyl (C=O) groups is 2. The Hall–Kier alpha value is -1.34. The summed E-state index contributed by atoms with van der Waals surface area (Å²) >= 11 is 6.35. The number of benzene rings is 1. The molecule has 0 saturated carbocycles. The van der Waals surface area contributed by atoms with Gasteiger partial charge >= 0.3 is 6.03 Å².